The predicted octanol–water partition coefficient (Wildman–Crippen LogP) is 5.38. The van der Waals surface area contributed by atoms with Crippen LogP contribution in [0.25, 0.3) is 0 Å². The summed E-state index contributed by atoms with van der Waals surface area (Å²) >= 11 is 0. The molecule has 0 heterocycles. The zero-order valence-electron chi connectivity index (χ0n) is 28.0. The van der Waals surface area contributed by atoms with Crippen LogP contribution < -0.4 is 0 Å². The predicted molar refractivity (Wildman–Crippen MR) is 171 cm³/mol. The Morgan fingerprint density at radius 2 is 0.932 bits per heavy atom. The van der Waals surface area contributed by atoms with Crippen molar-refractivity contribution in [3.63, 3.8) is 0 Å². The lowest BCUT2D eigenvalue weighted by molar-refractivity contribution is -0.139. The maximum atomic E-state index is 11.0. The highest BCUT2D eigenvalue weighted by atomic mass is 16.5. The minimum absolute atomic E-state index is 0.0417. The van der Waals surface area contributed by atoms with Gasteiger partial charge in [-0.15, -0.1) is 0 Å². The van der Waals surface area contributed by atoms with Gasteiger partial charge in [-0.05, 0) is 71.9 Å². The van der Waals surface area contributed by atoms with Gasteiger partial charge < -0.3 is 40.1 Å². The molecule has 2 rings (SSSR count). The molecule has 44 heavy (non-hydrogen) atoms. The van der Waals surface area contributed by atoms with Crippen LogP contribution in [0.3, 0.4) is 0 Å². The molecule has 0 spiro atoms. The lowest BCUT2D eigenvalue weighted by Gasteiger charge is -2.23. The Bertz CT molecular complexity index is 1100. The van der Waals surface area contributed by atoms with Crippen molar-refractivity contribution in [1.29, 1.82) is 0 Å². The summed E-state index contributed by atoms with van der Waals surface area (Å²) in [7, 11) is 0. The zero-order chi connectivity index (χ0) is 34.4. The van der Waals surface area contributed by atoms with Crippen LogP contribution in [0.15, 0.2) is 24.3 Å². The first kappa shape index (κ1) is 40.8. The number of aromatic hydroxyl groups is 2. The highest BCUT2D eigenvalue weighted by molar-refractivity contribution is 5.76. The van der Waals surface area contributed by atoms with E-state index in [0.717, 1.165) is 33.4 Å². The molecule has 0 radical (unpaired) electrons. The van der Waals surface area contributed by atoms with E-state index < -0.39 is 23.8 Å². The normalized spacial score (nSPS) is 12.7. The molecule has 0 aliphatic carbocycles. The Kier molecular flexibility index (Phi) is 17.2. The van der Waals surface area contributed by atoms with E-state index in [4.69, 9.17) is 29.9 Å². The molecular formula is C34H54O10. The highest BCUT2D eigenvalue weighted by Gasteiger charge is 2.24. The fraction of sp³-hybridized carbons (Fsp3) is 0.588. The first-order chi connectivity index (χ1) is 20.2. The number of ether oxygens (including phenoxy) is 2. The largest absolute Gasteiger partial charge is 0.507 e. The van der Waals surface area contributed by atoms with E-state index >= 15 is 0 Å². The average Bonchev–Trinajstić information content (AvgIpc) is 2.92. The van der Waals surface area contributed by atoms with Crippen molar-refractivity contribution in [1.82, 2.24) is 0 Å². The van der Waals surface area contributed by atoms with Gasteiger partial charge in [-0.2, -0.15) is 0 Å². The number of carboxylic acid groups (broad SMARTS) is 2. The molecule has 2 unspecified atom stereocenters. The fourth-order valence-corrected chi connectivity index (χ4v) is 3.99. The molecule has 10 nitrogen and oxygen atoms in total. The van der Waals surface area contributed by atoms with Crippen LogP contribution in [-0.4, -0.2) is 82.2 Å². The molecule has 0 aromatic heterocycles. The number of rotatable bonds is 11. The summed E-state index contributed by atoms with van der Waals surface area (Å²) in [6, 6.07) is 7.06. The minimum Gasteiger partial charge on any atom is -0.507 e. The van der Waals surface area contributed by atoms with Crippen LogP contribution in [0.1, 0.15) is 101 Å². The fourth-order valence-electron chi connectivity index (χ4n) is 3.99. The van der Waals surface area contributed by atoms with Gasteiger partial charge in [0.25, 0.3) is 0 Å². The number of carbonyl (C=O) groups is 2. The summed E-state index contributed by atoms with van der Waals surface area (Å²) in [6.45, 7) is 20.6. The Hall–Kier alpha value is -3.18. The van der Waals surface area contributed by atoms with E-state index in [1.807, 2.05) is 41.5 Å². The van der Waals surface area contributed by atoms with Crippen LogP contribution in [-0.2, 0) is 29.9 Å². The van der Waals surface area contributed by atoms with Gasteiger partial charge in [0.15, 0.2) is 0 Å². The zero-order valence-corrected chi connectivity index (χ0v) is 28.0. The number of aliphatic hydroxyl groups is 2. The summed E-state index contributed by atoms with van der Waals surface area (Å²) in [5, 5.41) is 54.6. The monoisotopic (exact) mass is 622 g/mol. The van der Waals surface area contributed by atoms with E-state index in [1.165, 1.54) is 0 Å². The number of aliphatic hydroxyl groups excluding tert-OH is 2. The van der Waals surface area contributed by atoms with Gasteiger partial charge in [0.05, 0.1) is 51.5 Å². The molecule has 6 N–H and O–H groups in total. The molecule has 0 saturated carbocycles. The third-order valence-electron chi connectivity index (χ3n) is 6.85. The molecule has 10 heteroatoms. The first-order valence-corrected chi connectivity index (χ1v) is 14.7. The van der Waals surface area contributed by atoms with Crippen molar-refractivity contribution in [3.05, 3.63) is 57.6 Å². The molecule has 2 atom stereocenters. The maximum absolute atomic E-state index is 11.0. The van der Waals surface area contributed by atoms with Gasteiger partial charge in [-0.25, -0.2) is 0 Å². The van der Waals surface area contributed by atoms with Crippen molar-refractivity contribution in [2.75, 3.05) is 39.6 Å². The van der Waals surface area contributed by atoms with E-state index in [9.17, 15) is 19.8 Å². The van der Waals surface area contributed by atoms with Gasteiger partial charge >= 0.3 is 11.9 Å². The Morgan fingerprint density at radius 1 is 0.636 bits per heavy atom. The topological polar surface area (TPSA) is 174 Å². The standard InChI is InChI=1S/2C14H20O3.C6H14O4/c2*1-8-6-10(9(2)13(16)17)7-11(12(8)15)14(3,4)5;7-1-3-9-5-6-10-4-2-8/h2*6-7,9,15H,1-5H3,(H,16,17);7-8H,1-6H2. The summed E-state index contributed by atoms with van der Waals surface area (Å²) in [6.07, 6.45) is 0. The van der Waals surface area contributed by atoms with Gasteiger partial charge in [-0.1, -0.05) is 65.8 Å². The molecule has 0 aliphatic heterocycles. The minimum atomic E-state index is -0.852. The SMILES string of the molecule is Cc1cc(C(C)C(=O)O)cc(C(C)(C)C)c1O.Cc1cc(C(C)C(=O)O)cc(C(C)(C)C)c1O.OCCOCCOCCO. The van der Waals surface area contributed by atoms with Crippen LogP contribution in [0.2, 0.25) is 0 Å². The number of aryl methyl sites for hydroxylation is 2. The van der Waals surface area contributed by atoms with Crippen LogP contribution in [0.5, 0.6) is 11.5 Å². The number of benzene rings is 2. The Labute approximate surface area is 262 Å². The number of hydrogen-bond donors (Lipinski definition) is 6. The summed E-state index contributed by atoms with van der Waals surface area (Å²) < 4.78 is 9.75. The number of aliphatic carboxylic acids is 2. The third kappa shape index (κ3) is 13.6. The molecule has 0 saturated heterocycles. The van der Waals surface area contributed by atoms with Crippen LogP contribution >= 0.6 is 0 Å². The summed E-state index contributed by atoms with van der Waals surface area (Å²) in [4.78, 5) is 22.0. The molecule has 0 fully saturated rings. The van der Waals surface area contributed by atoms with Gasteiger partial charge in [-0.3, -0.25) is 9.59 Å². The Balaban J connectivity index is 0.000000655. The smallest absolute Gasteiger partial charge is 0.310 e. The number of phenols is 2. The summed E-state index contributed by atoms with van der Waals surface area (Å²) in [5.41, 5.74) is 4.09. The van der Waals surface area contributed by atoms with Gasteiger partial charge in [0, 0.05) is 0 Å². The molecule has 2 aromatic rings. The Morgan fingerprint density at radius 3 is 1.16 bits per heavy atom. The maximum Gasteiger partial charge on any atom is 0.310 e. The van der Waals surface area contributed by atoms with Gasteiger partial charge in [0.1, 0.15) is 11.5 Å². The van der Waals surface area contributed by atoms with Crippen LogP contribution in [0, 0.1) is 13.8 Å². The lowest BCUT2D eigenvalue weighted by atomic mass is 9.82. The molecule has 2 aromatic carbocycles. The van der Waals surface area contributed by atoms with Crippen molar-refractivity contribution >= 4 is 11.9 Å². The second-order valence-corrected chi connectivity index (χ2v) is 12.8. The molecular weight excluding hydrogens is 568 g/mol. The molecule has 0 amide bonds. The average molecular weight is 623 g/mol. The second-order valence-electron chi connectivity index (χ2n) is 12.8. The van der Waals surface area contributed by atoms with Crippen molar-refractivity contribution in [3.8, 4) is 11.5 Å². The number of phenolic OH excluding ortho intramolecular Hbond substituents is 2. The van der Waals surface area contributed by atoms with E-state index in [-0.39, 0.29) is 35.5 Å². The summed E-state index contributed by atoms with van der Waals surface area (Å²) in [5.74, 6) is -2.30. The van der Waals surface area contributed by atoms with Gasteiger partial charge in [0.2, 0.25) is 0 Å². The molecule has 250 valence electrons. The number of carboxylic acids is 2. The highest BCUT2D eigenvalue weighted by Crippen LogP contribution is 2.37. The second kappa shape index (κ2) is 18.6. The first-order valence-electron chi connectivity index (χ1n) is 14.7. The van der Waals surface area contributed by atoms with Crippen molar-refractivity contribution < 1.29 is 49.7 Å². The molecule has 0 aliphatic rings. The van der Waals surface area contributed by atoms with E-state index in [1.54, 1.807) is 52.0 Å². The van der Waals surface area contributed by atoms with E-state index in [2.05, 4.69) is 0 Å². The van der Waals surface area contributed by atoms with E-state index in [0.29, 0.717) is 26.4 Å². The molecule has 0 bridgehead atoms. The number of hydrogen-bond acceptors (Lipinski definition) is 8. The third-order valence-corrected chi connectivity index (χ3v) is 6.85. The lowest BCUT2D eigenvalue weighted by Crippen LogP contribution is -2.14. The van der Waals surface area contributed by atoms with Crippen molar-refractivity contribution in [2.24, 2.45) is 0 Å². The van der Waals surface area contributed by atoms with Crippen LogP contribution in [0.4, 0.5) is 0 Å². The quantitative estimate of drug-likeness (QED) is 0.179. The van der Waals surface area contributed by atoms with Crippen molar-refractivity contribution in [2.45, 2.75) is 91.9 Å².